The van der Waals surface area contributed by atoms with Gasteiger partial charge in [0, 0.05) is 12.1 Å². The Hall–Kier alpha value is -2.91. The zero-order valence-electron chi connectivity index (χ0n) is 16.7. The Bertz CT molecular complexity index is 995. The second kappa shape index (κ2) is 9.73. The standard InChI is InChI=1S/C21H25N3O5S/c1-30(27,28)24-14-8-7-12-18(24)21(26)23-22-20(25)15-29-19-13-6-5-11-17(19)16-9-3-2-4-10-16/h2-6,9-11,13,18H,7-8,12,14-15H2,1H3,(H,22,25)(H,23,26)/t18-/m1/s1. The number of nitrogens with zero attached hydrogens (tertiary/aromatic N) is 1. The number of hydrogen-bond acceptors (Lipinski definition) is 5. The van der Waals surface area contributed by atoms with Gasteiger partial charge in [0.15, 0.2) is 6.61 Å². The number of benzene rings is 2. The van der Waals surface area contributed by atoms with E-state index in [2.05, 4.69) is 10.9 Å². The molecule has 0 unspecified atom stereocenters. The topological polar surface area (TPSA) is 105 Å². The van der Waals surface area contributed by atoms with E-state index in [1.54, 1.807) is 6.07 Å². The summed E-state index contributed by atoms with van der Waals surface area (Å²) in [6.45, 7) is -0.00513. The van der Waals surface area contributed by atoms with Gasteiger partial charge < -0.3 is 4.74 Å². The van der Waals surface area contributed by atoms with E-state index < -0.39 is 27.9 Å². The fourth-order valence-electron chi connectivity index (χ4n) is 3.41. The first kappa shape index (κ1) is 21.8. The molecule has 0 aliphatic carbocycles. The Morgan fingerprint density at radius 1 is 1.03 bits per heavy atom. The summed E-state index contributed by atoms with van der Waals surface area (Å²) in [5.41, 5.74) is 6.41. The lowest BCUT2D eigenvalue weighted by Crippen LogP contribution is -2.55. The predicted molar refractivity (Wildman–Crippen MR) is 113 cm³/mol. The third kappa shape index (κ3) is 5.58. The van der Waals surface area contributed by atoms with E-state index in [1.165, 1.54) is 4.31 Å². The average Bonchev–Trinajstić information content (AvgIpc) is 2.76. The molecule has 0 aromatic heterocycles. The summed E-state index contributed by atoms with van der Waals surface area (Å²) in [5, 5.41) is 0. The molecular weight excluding hydrogens is 406 g/mol. The first-order chi connectivity index (χ1) is 14.4. The maximum absolute atomic E-state index is 12.4. The van der Waals surface area contributed by atoms with E-state index in [1.807, 2.05) is 48.5 Å². The molecule has 1 aliphatic rings. The number of para-hydroxylation sites is 1. The van der Waals surface area contributed by atoms with Crippen molar-refractivity contribution in [3.63, 3.8) is 0 Å². The highest BCUT2D eigenvalue weighted by molar-refractivity contribution is 7.88. The number of nitrogens with one attached hydrogen (secondary N) is 2. The van der Waals surface area contributed by atoms with Gasteiger partial charge in [-0.25, -0.2) is 8.42 Å². The number of ether oxygens (including phenoxy) is 1. The molecule has 3 rings (SSSR count). The van der Waals surface area contributed by atoms with Crippen LogP contribution in [0.5, 0.6) is 5.75 Å². The van der Waals surface area contributed by atoms with Gasteiger partial charge in [-0.3, -0.25) is 20.4 Å². The summed E-state index contributed by atoms with van der Waals surface area (Å²) >= 11 is 0. The minimum atomic E-state index is -3.50. The van der Waals surface area contributed by atoms with Gasteiger partial charge in [-0.2, -0.15) is 4.31 Å². The summed E-state index contributed by atoms with van der Waals surface area (Å²) in [4.78, 5) is 24.5. The van der Waals surface area contributed by atoms with Crippen molar-refractivity contribution in [3.05, 3.63) is 54.6 Å². The van der Waals surface area contributed by atoms with Crippen LogP contribution in [-0.2, 0) is 19.6 Å². The number of piperidine rings is 1. The van der Waals surface area contributed by atoms with Gasteiger partial charge in [0.2, 0.25) is 10.0 Å². The quantitative estimate of drug-likeness (QED) is 0.678. The van der Waals surface area contributed by atoms with Crippen LogP contribution in [0.1, 0.15) is 19.3 Å². The SMILES string of the molecule is CS(=O)(=O)N1CCCC[C@@H]1C(=O)NNC(=O)COc1ccccc1-c1ccccc1. The highest BCUT2D eigenvalue weighted by Gasteiger charge is 2.34. The van der Waals surface area contributed by atoms with E-state index >= 15 is 0 Å². The summed E-state index contributed by atoms with van der Waals surface area (Å²) in [6, 6.07) is 16.2. The van der Waals surface area contributed by atoms with Crippen LogP contribution in [0.4, 0.5) is 0 Å². The normalized spacial score (nSPS) is 17.2. The largest absolute Gasteiger partial charge is 0.483 e. The Morgan fingerprint density at radius 2 is 1.73 bits per heavy atom. The van der Waals surface area contributed by atoms with Gasteiger partial charge in [0.05, 0.1) is 6.26 Å². The number of carbonyl (C=O) groups is 2. The average molecular weight is 432 g/mol. The van der Waals surface area contributed by atoms with Crippen LogP contribution < -0.4 is 15.6 Å². The van der Waals surface area contributed by atoms with E-state index in [0.29, 0.717) is 25.1 Å². The first-order valence-electron chi connectivity index (χ1n) is 9.69. The Morgan fingerprint density at radius 3 is 2.47 bits per heavy atom. The molecule has 9 heteroatoms. The van der Waals surface area contributed by atoms with E-state index in [0.717, 1.165) is 23.8 Å². The number of carbonyl (C=O) groups excluding carboxylic acids is 2. The second-order valence-electron chi connectivity index (χ2n) is 7.07. The molecule has 8 nitrogen and oxygen atoms in total. The van der Waals surface area contributed by atoms with Crippen LogP contribution in [0.25, 0.3) is 11.1 Å². The first-order valence-corrected chi connectivity index (χ1v) is 11.5. The molecule has 1 atom stereocenters. The molecule has 2 amide bonds. The lowest BCUT2D eigenvalue weighted by atomic mass is 10.0. The maximum atomic E-state index is 12.4. The Balaban J connectivity index is 1.55. The fourth-order valence-corrected chi connectivity index (χ4v) is 4.53. The summed E-state index contributed by atoms with van der Waals surface area (Å²) in [5.74, 6) is -0.563. The molecule has 2 aromatic rings. The Kier molecular flexibility index (Phi) is 7.07. The van der Waals surface area contributed by atoms with Gasteiger partial charge in [-0.1, -0.05) is 55.0 Å². The summed E-state index contributed by atoms with van der Waals surface area (Å²) < 4.78 is 30.6. The van der Waals surface area contributed by atoms with Crippen molar-refractivity contribution in [1.29, 1.82) is 0 Å². The van der Waals surface area contributed by atoms with Crippen molar-refractivity contribution < 1.29 is 22.7 Å². The van der Waals surface area contributed by atoms with E-state index in [4.69, 9.17) is 4.74 Å². The van der Waals surface area contributed by atoms with Crippen molar-refractivity contribution in [1.82, 2.24) is 15.2 Å². The van der Waals surface area contributed by atoms with Gasteiger partial charge in [0.1, 0.15) is 11.8 Å². The van der Waals surface area contributed by atoms with Crippen LogP contribution in [-0.4, -0.2) is 50.0 Å². The fraction of sp³-hybridized carbons (Fsp3) is 0.333. The number of hydrogen-bond donors (Lipinski definition) is 2. The van der Waals surface area contributed by atoms with Gasteiger partial charge >= 0.3 is 0 Å². The lowest BCUT2D eigenvalue weighted by molar-refractivity contribution is -0.132. The van der Waals surface area contributed by atoms with Crippen molar-refractivity contribution in [3.8, 4) is 16.9 Å². The van der Waals surface area contributed by atoms with Crippen LogP contribution in [0.2, 0.25) is 0 Å². The zero-order valence-corrected chi connectivity index (χ0v) is 17.5. The molecule has 1 saturated heterocycles. The maximum Gasteiger partial charge on any atom is 0.276 e. The molecule has 0 bridgehead atoms. The van der Waals surface area contributed by atoms with E-state index in [9.17, 15) is 18.0 Å². The van der Waals surface area contributed by atoms with Crippen molar-refractivity contribution in [2.75, 3.05) is 19.4 Å². The predicted octanol–water partition coefficient (Wildman–Crippen LogP) is 1.69. The molecule has 0 radical (unpaired) electrons. The smallest absolute Gasteiger partial charge is 0.276 e. The van der Waals surface area contributed by atoms with Gasteiger partial charge in [-0.05, 0) is 24.5 Å². The van der Waals surface area contributed by atoms with Crippen LogP contribution >= 0.6 is 0 Å². The molecule has 30 heavy (non-hydrogen) atoms. The molecule has 1 fully saturated rings. The third-order valence-electron chi connectivity index (χ3n) is 4.84. The molecule has 160 valence electrons. The monoisotopic (exact) mass is 431 g/mol. The van der Waals surface area contributed by atoms with Crippen LogP contribution in [0.3, 0.4) is 0 Å². The molecule has 2 aromatic carbocycles. The van der Waals surface area contributed by atoms with Crippen molar-refractivity contribution in [2.24, 2.45) is 0 Å². The molecular formula is C21H25N3O5S. The van der Waals surface area contributed by atoms with Gasteiger partial charge in [-0.15, -0.1) is 0 Å². The third-order valence-corrected chi connectivity index (χ3v) is 6.13. The second-order valence-corrected chi connectivity index (χ2v) is 9.01. The van der Waals surface area contributed by atoms with E-state index in [-0.39, 0.29) is 6.61 Å². The van der Waals surface area contributed by atoms with Gasteiger partial charge in [0.25, 0.3) is 11.8 Å². The van der Waals surface area contributed by atoms with Crippen molar-refractivity contribution in [2.45, 2.75) is 25.3 Å². The molecule has 1 aliphatic heterocycles. The minimum Gasteiger partial charge on any atom is -0.483 e. The number of amides is 2. The zero-order chi connectivity index (χ0) is 21.6. The lowest BCUT2D eigenvalue weighted by Gasteiger charge is -2.32. The minimum absolute atomic E-state index is 0.296. The molecule has 2 N–H and O–H groups in total. The van der Waals surface area contributed by atoms with Crippen LogP contribution in [0, 0.1) is 0 Å². The molecule has 1 heterocycles. The molecule has 0 saturated carbocycles. The number of hydrazine groups is 1. The highest BCUT2D eigenvalue weighted by Crippen LogP contribution is 2.29. The number of rotatable bonds is 6. The summed E-state index contributed by atoms with van der Waals surface area (Å²) in [6.07, 6.45) is 2.94. The Labute approximate surface area is 176 Å². The van der Waals surface area contributed by atoms with Crippen LogP contribution in [0.15, 0.2) is 54.6 Å². The summed E-state index contributed by atoms with van der Waals surface area (Å²) in [7, 11) is -3.50. The number of sulfonamides is 1. The molecule has 0 spiro atoms. The highest BCUT2D eigenvalue weighted by atomic mass is 32.2. The van der Waals surface area contributed by atoms with Crippen molar-refractivity contribution >= 4 is 21.8 Å².